The van der Waals surface area contributed by atoms with Crippen molar-refractivity contribution in [2.75, 3.05) is 26.2 Å². The molecule has 3 rings (SSSR count). The largest absolute Gasteiger partial charge is 0.391 e. The highest BCUT2D eigenvalue weighted by Gasteiger charge is 2.34. The molecule has 1 aliphatic heterocycles. The fourth-order valence-corrected chi connectivity index (χ4v) is 4.72. The van der Waals surface area contributed by atoms with Crippen LogP contribution < -0.4 is 0 Å². The van der Waals surface area contributed by atoms with Crippen molar-refractivity contribution in [3.63, 3.8) is 0 Å². The van der Waals surface area contributed by atoms with Crippen molar-refractivity contribution in [3.8, 4) is 0 Å². The van der Waals surface area contributed by atoms with Gasteiger partial charge in [-0.25, -0.2) is 0 Å². The van der Waals surface area contributed by atoms with Crippen LogP contribution in [0, 0.1) is 0 Å². The molecular weight excluding hydrogens is 296 g/mol. The maximum atomic E-state index is 12.7. The summed E-state index contributed by atoms with van der Waals surface area (Å²) >= 11 is 1.56. The molecule has 1 aromatic rings. The van der Waals surface area contributed by atoms with Crippen molar-refractivity contribution in [3.05, 3.63) is 21.9 Å². The van der Waals surface area contributed by atoms with Gasteiger partial charge in [-0.2, -0.15) is 0 Å². The standard InChI is InChI=1S/C17H26N2O2S/c1-12(2)13-6-11-22-16(13)17(21)19-9-7-18(8-10-19)14-4-3-5-15(14)20/h6,11-12,14-15,20H,3-5,7-10H2,1-2H3/t14-,15-/m0/s1. The Hall–Kier alpha value is -0.910. The molecule has 4 nitrogen and oxygen atoms in total. The number of aliphatic hydroxyl groups is 1. The van der Waals surface area contributed by atoms with Crippen molar-refractivity contribution in [1.29, 1.82) is 0 Å². The summed E-state index contributed by atoms with van der Waals surface area (Å²) in [7, 11) is 0. The van der Waals surface area contributed by atoms with E-state index < -0.39 is 0 Å². The molecule has 1 aromatic heterocycles. The first-order valence-electron chi connectivity index (χ1n) is 8.36. The van der Waals surface area contributed by atoms with Gasteiger partial charge in [0.15, 0.2) is 0 Å². The molecule has 0 aromatic carbocycles. The lowest BCUT2D eigenvalue weighted by Gasteiger charge is -2.39. The van der Waals surface area contributed by atoms with Crippen molar-refractivity contribution < 1.29 is 9.90 Å². The van der Waals surface area contributed by atoms with Gasteiger partial charge in [0.25, 0.3) is 5.91 Å². The van der Waals surface area contributed by atoms with E-state index in [-0.39, 0.29) is 12.0 Å². The fourth-order valence-electron chi connectivity index (χ4n) is 3.69. The minimum atomic E-state index is -0.174. The summed E-state index contributed by atoms with van der Waals surface area (Å²) in [6.45, 7) is 7.59. The van der Waals surface area contributed by atoms with E-state index in [1.54, 1.807) is 11.3 Å². The topological polar surface area (TPSA) is 43.8 Å². The normalized spacial score (nSPS) is 26.8. The third-order valence-electron chi connectivity index (χ3n) is 5.03. The third-order valence-corrected chi connectivity index (χ3v) is 5.94. The van der Waals surface area contributed by atoms with Gasteiger partial charge < -0.3 is 10.0 Å². The lowest BCUT2D eigenvalue weighted by molar-refractivity contribution is 0.0317. The summed E-state index contributed by atoms with van der Waals surface area (Å²) < 4.78 is 0. The summed E-state index contributed by atoms with van der Waals surface area (Å²) in [5.41, 5.74) is 1.17. The van der Waals surface area contributed by atoms with Crippen LogP contribution in [0.3, 0.4) is 0 Å². The maximum Gasteiger partial charge on any atom is 0.264 e. The van der Waals surface area contributed by atoms with E-state index in [0.717, 1.165) is 50.3 Å². The zero-order valence-electron chi connectivity index (χ0n) is 13.5. The number of aliphatic hydroxyl groups excluding tert-OH is 1. The second-order valence-electron chi connectivity index (χ2n) is 6.75. The second kappa shape index (κ2) is 6.69. The molecule has 2 atom stereocenters. The van der Waals surface area contributed by atoms with E-state index in [1.165, 1.54) is 5.56 Å². The van der Waals surface area contributed by atoms with Gasteiger partial charge in [0.05, 0.1) is 11.0 Å². The molecule has 1 N–H and O–H groups in total. The Balaban J connectivity index is 1.61. The predicted octanol–water partition coefficient (Wildman–Crippen LogP) is 2.54. The van der Waals surface area contributed by atoms with Crippen LogP contribution in [-0.4, -0.2) is 59.1 Å². The van der Waals surface area contributed by atoms with Crippen LogP contribution in [0.5, 0.6) is 0 Å². The highest BCUT2D eigenvalue weighted by molar-refractivity contribution is 7.12. The van der Waals surface area contributed by atoms with Crippen LogP contribution in [0.4, 0.5) is 0 Å². The molecule has 122 valence electrons. The molecule has 0 bridgehead atoms. The fraction of sp³-hybridized carbons (Fsp3) is 0.706. The number of nitrogens with zero attached hydrogens (tertiary/aromatic N) is 2. The van der Waals surface area contributed by atoms with Gasteiger partial charge in [0.2, 0.25) is 0 Å². The molecule has 2 fully saturated rings. The SMILES string of the molecule is CC(C)c1ccsc1C(=O)N1CCN([C@H]2CCC[C@@H]2O)CC1. The molecule has 22 heavy (non-hydrogen) atoms. The summed E-state index contributed by atoms with van der Waals surface area (Å²) in [6.07, 6.45) is 2.97. The highest BCUT2D eigenvalue weighted by Crippen LogP contribution is 2.28. The van der Waals surface area contributed by atoms with Gasteiger partial charge in [0, 0.05) is 32.2 Å². The minimum absolute atomic E-state index is 0.174. The molecule has 1 saturated carbocycles. The average molecular weight is 322 g/mol. The van der Waals surface area contributed by atoms with E-state index in [0.29, 0.717) is 12.0 Å². The highest BCUT2D eigenvalue weighted by atomic mass is 32.1. The molecule has 1 saturated heterocycles. The molecule has 2 aliphatic rings. The van der Waals surface area contributed by atoms with Crippen molar-refractivity contribution in [2.24, 2.45) is 0 Å². The summed E-state index contributed by atoms with van der Waals surface area (Å²) in [5.74, 6) is 0.574. The predicted molar refractivity (Wildman–Crippen MR) is 89.5 cm³/mol. The van der Waals surface area contributed by atoms with Crippen LogP contribution in [0.2, 0.25) is 0 Å². The van der Waals surface area contributed by atoms with Crippen LogP contribution >= 0.6 is 11.3 Å². The smallest absolute Gasteiger partial charge is 0.264 e. The van der Waals surface area contributed by atoms with Crippen LogP contribution in [-0.2, 0) is 0 Å². The lowest BCUT2D eigenvalue weighted by Crippen LogP contribution is -2.53. The van der Waals surface area contributed by atoms with Crippen molar-refractivity contribution in [1.82, 2.24) is 9.80 Å². The first-order valence-corrected chi connectivity index (χ1v) is 9.24. The minimum Gasteiger partial charge on any atom is -0.391 e. The Labute approximate surface area is 136 Å². The number of amides is 1. The second-order valence-corrected chi connectivity index (χ2v) is 7.67. The summed E-state index contributed by atoms with van der Waals surface area (Å²) in [6, 6.07) is 2.39. The number of rotatable bonds is 3. The van der Waals surface area contributed by atoms with Crippen LogP contribution in [0.1, 0.15) is 54.3 Å². The van der Waals surface area contributed by atoms with Crippen LogP contribution in [0.15, 0.2) is 11.4 Å². The monoisotopic (exact) mass is 322 g/mol. The van der Waals surface area contributed by atoms with E-state index in [2.05, 4.69) is 24.8 Å². The molecule has 1 amide bonds. The number of carbonyl (C=O) groups is 1. The Kier molecular flexibility index (Phi) is 4.85. The molecule has 5 heteroatoms. The number of carbonyl (C=O) groups excluding carboxylic acids is 1. The van der Waals surface area contributed by atoms with Crippen molar-refractivity contribution in [2.45, 2.75) is 51.2 Å². The molecule has 2 heterocycles. The molecular formula is C17H26N2O2S. The zero-order valence-corrected chi connectivity index (χ0v) is 14.3. The maximum absolute atomic E-state index is 12.7. The Morgan fingerprint density at radius 3 is 2.59 bits per heavy atom. The lowest BCUT2D eigenvalue weighted by atomic mass is 10.0. The molecule has 0 radical (unpaired) electrons. The van der Waals surface area contributed by atoms with Crippen LogP contribution in [0.25, 0.3) is 0 Å². The number of hydrogen-bond donors (Lipinski definition) is 1. The summed E-state index contributed by atoms with van der Waals surface area (Å²) in [4.78, 5) is 18.0. The number of thiophene rings is 1. The third kappa shape index (κ3) is 3.07. The molecule has 1 aliphatic carbocycles. The quantitative estimate of drug-likeness (QED) is 0.930. The number of hydrogen-bond acceptors (Lipinski definition) is 4. The first kappa shape index (κ1) is 16.0. The average Bonchev–Trinajstić information content (AvgIpc) is 3.15. The summed E-state index contributed by atoms with van der Waals surface area (Å²) in [5, 5.41) is 12.1. The van der Waals surface area contributed by atoms with E-state index in [1.807, 2.05) is 10.3 Å². The van der Waals surface area contributed by atoms with Gasteiger partial charge in [-0.15, -0.1) is 11.3 Å². The Morgan fingerprint density at radius 2 is 2.00 bits per heavy atom. The van der Waals surface area contributed by atoms with Gasteiger partial charge in [-0.1, -0.05) is 13.8 Å². The molecule has 0 unspecified atom stereocenters. The van der Waals surface area contributed by atoms with E-state index >= 15 is 0 Å². The van der Waals surface area contributed by atoms with Gasteiger partial charge in [-0.3, -0.25) is 9.69 Å². The Morgan fingerprint density at radius 1 is 1.27 bits per heavy atom. The zero-order chi connectivity index (χ0) is 15.7. The number of piperazine rings is 1. The van der Waals surface area contributed by atoms with E-state index in [9.17, 15) is 9.90 Å². The van der Waals surface area contributed by atoms with Gasteiger partial charge in [0.1, 0.15) is 0 Å². The molecule has 0 spiro atoms. The first-order chi connectivity index (χ1) is 10.6. The van der Waals surface area contributed by atoms with Gasteiger partial charge >= 0.3 is 0 Å². The van der Waals surface area contributed by atoms with Gasteiger partial charge in [-0.05, 0) is 42.2 Å². The van der Waals surface area contributed by atoms with Crippen molar-refractivity contribution >= 4 is 17.2 Å². The Bertz CT molecular complexity index is 520. The van der Waals surface area contributed by atoms with E-state index in [4.69, 9.17) is 0 Å².